The van der Waals surface area contributed by atoms with E-state index in [9.17, 15) is 19.5 Å². The van der Waals surface area contributed by atoms with E-state index in [1.54, 1.807) is 36.2 Å². The number of amides is 3. The molecule has 0 aromatic heterocycles. The molecule has 2 heterocycles. The molecule has 1 spiro atoms. The lowest BCUT2D eigenvalue weighted by Crippen LogP contribution is -2.74. The third-order valence-electron chi connectivity index (χ3n) is 9.35. The summed E-state index contributed by atoms with van der Waals surface area (Å²) in [4.78, 5) is 43.3. The summed E-state index contributed by atoms with van der Waals surface area (Å²) in [7, 11) is 1.60. The standard InChI is InChI=1S/C34H44N4O5.ClH/c1-3-4-20-38-32(41)29(30(39)25-8-6-5-7-9-25)36-33(42)34(38)18-21-37(22-19-34)23-24-10-14-27(15-11-24)43-28-16-12-26(13-17-28)31(40)35-2;/h3-4,10-17,25,29-30,39H,5-9,18-23H2,1-2H3,(H,35,40)(H,36,42);1H/t29-,30-;/m1./s1. The van der Waals surface area contributed by atoms with Crippen LogP contribution >= 0.6 is 12.4 Å². The number of piperidine rings is 1. The summed E-state index contributed by atoms with van der Waals surface area (Å²) >= 11 is 0. The minimum absolute atomic E-state index is 0. The summed E-state index contributed by atoms with van der Waals surface area (Å²) in [5, 5.41) is 16.7. The molecule has 3 aliphatic rings. The number of benzene rings is 2. The van der Waals surface area contributed by atoms with Gasteiger partial charge in [0.1, 0.15) is 23.1 Å². The largest absolute Gasteiger partial charge is 0.457 e. The number of rotatable bonds is 9. The van der Waals surface area contributed by atoms with Crippen LogP contribution in [0.2, 0.25) is 0 Å². The molecule has 3 amide bonds. The van der Waals surface area contributed by atoms with Crippen LogP contribution < -0.4 is 15.4 Å². The fraction of sp³-hybridized carbons (Fsp3) is 0.500. The van der Waals surface area contributed by atoms with Crippen molar-refractivity contribution in [3.8, 4) is 11.5 Å². The second kappa shape index (κ2) is 15.1. The highest BCUT2D eigenvalue weighted by Gasteiger charge is 2.55. The molecule has 1 saturated carbocycles. The number of nitrogens with zero attached hydrogens (tertiary/aromatic N) is 2. The topological polar surface area (TPSA) is 111 Å². The first-order chi connectivity index (χ1) is 20.8. The first-order valence-electron chi connectivity index (χ1n) is 15.6. The molecule has 2 aromatic rings. The number of carbonyl (C=O) groups excluding carboxylic acids is 3. The smallest absolute Gasteiger partial charge is 0.251 e. The lowest BCUT2D eigenvalue weighted by atomic mass is 9.78. The summed E-state index contributed by atoms with van der Waals surface area (Å²) < 4.78 is 5.95. The number of ether oxygens (including phenoxy) is 1. The Morgan fingerprint density at radius 1 is 1.05 bits per heavy atom. The average molecular weight is 625 g/mol. The number of aliphatic hydroxyl groups is 1. The Labute approximate surface area is 266 Å². The SMILES string of the molecule is CC=CCN1C(=O)[C@@H]([C@H](O)C2CCCCC2)NC(=O)C12CCN(Cc1ccc(Oc3ccc(C(=O)NC)cc3)cc1)CC2.Cl. The van der Waals surface area contributed by atoms with Crippen molar-refractivity contribution in [3.05, 3.63) is 71.8 Å². The maximum Gasteiger partial charge on any atom is 0.251 e. The second-order valence-corrected chi connectivity index (χ2v) is 12.0. The first kappa shape index (κ1) is 33.5. The molecule has 1 aliphatic carbocycles. The highest BCUT2D eigenvalue weighted by Crippen LogP contribution is 2.36. The molecule has 5 rings (SSSR count). The van der Waals surface area contributed by atoms with Gasteiger partial charge in [-0.25, -0.2) is 0 Å². The summed E-state index contributed by atoms with van der Waals surface area (Å²) in [6.07, 6.45) is 9.14. The number of likely N-dealkylation sites (tertiary alicyclic amines) is 1. The van der Waals surface area contributed by atoms with Crippen molar-refractivity contribution in [2.24, 2.45) is 5.92 Å². The molecule has 0 radical (unpaired) electrons. The number of allylic oxidation sites excluding steroid dienone is 1. The molecule has 2 atom stereocenters. The van der Waals surface area contributed by atoms with Crippen molar-refractivity contribution in [1.82, 2.24) is 20.4 Å². The van der Waals surface area contributed by atoms with Gasteiger partial charge in [0.25, 0.3) is 5.91 Å². The summed E-state index contributed by atoms with van der Waals surface area (Å²) in [6, 6.07) is 14.0. The predicted molar refractivity (Wildman–Crippen MR) is 172 cm³/mol. The lowest BCUT2D eigenvalue weighted by Gasteiger charge is -2.52. The normalized spacial score (nSPS) is 21.5. The molecule has 3 fully saturated rings. The van der Waals surface area contributed by atoms with Crippen LogP contribution in [0.4, 0.5) is 0 Å². The Morgan fingerprint density at radius 2 is 1.66 bits per heavy atom. The summed E-state index contributed by atoms with van der Waals surface area (Å²) in [6.45, 7) is 4.37. The van der Waals surface area contributed by atoms with E-state index in [0.29, 0.717) is 49.5 Å². The van der Waals surface area contributed by atoms with E-state index in [0.717, 1.165) is 44.2 Å². The molecule has 9 nitrogen and oxygen atoms in total. The van der Waals surface area contributed by atoms with Crippen LogP contribution in [0.25, 0.3) is 0 Å². The molecule has 2 saturated heterocycles. The number of nitrogens with one attached hydrogen (secondary N) is 2. The number of hydrogen-bond acceptors (Lipinski definition) is 6. The van der Waals surface area contributed by atoms with Crippen molar-refractivity contribution in [1.29, 1.82) is 0 Å². The molecular formula is C34H45ClN4O5. The van der Waals surface area contributed by atoms with Crippen molar-refractivity contribution in [2.75, 3.05) is 26.7 Å². The van der Waals surface area contributed by atoms with Crippen molar-refractivity contribution >= 4 is 30.1 Å². The lowest BCUT2D eigenvalue weighted by molar-refractivity contribution is -0.164. The minimum atomic E-state index is -0.902. The number of aliphatic hydroxyl groups excluding tert-OH is 1. The van der Waals surface area contributed by atoms with Crippen LogP contribution in [0, 0.1) is 5.92 Å². The average Bonchev–Trinajstić information content (AvgIpc) is 3.04. The van der Waals surface area contributed by atoms with E-state index in [1.807, 2.05) is 43.3 Å². The van der Waals surface area contributed by atoms with Gasteiger partial charge < -0.3 is 25.4 Å². The van der Waals surface area contributed by atoms with Gasteiger partial charge in [-0.3, -0.25) is 19.3 Å². The van der Waals surface area contributed by atoms with Crippen LogP contribution in [0.15, 0.2) is 60.7 Å². The quantitative estimate of drug-likeness (QED) is 0.356. The van der Waals surface area contributed by atoms with E-state index < -0.39 is 17.7 Å². The predicted octanol–water partition coefficient (Wildman–Crippen LogP) is 4.44. The minimum Gasteiger partial charge on any atom is -0.457 e. The molecule has 2 aromatic carbocycles. The maximum atomic E-state index is 13.8. The molecule has 2 aliphatic heterocycles. The Bertz CT molecular complexity index is 1300. The van der Waals surface area contributed by atoms with Gasteiger partial charge in [0, 0.05) is 38.8 Å². The van der Waals surface area contributed by atoms with Gasteiger partial charge >= 0.3 is 0 Å². The van der Waals surface area contributed by atoms with Crippen LogP contribution in [0.5, 0.6) is 11.5 Å². The molecule has 10 heteroatoms. The van der Waals surface area contributed by atoms with Crippen LogP contribution in [-0.2, 0) is 16.1 Å². The highest BCUT2D eigenvalue weighted by molar-refractivity contribution is 6.00. The summed E-state index contributed by atoms with van der Waals surface area (Å²) in [5.74, 6) is 0.963. The molecule has 238 valence electrons. The zero-order chi connectivity index (χ0) is 30.4. The highest BCUT2D eigenvalue weighted by atomic mass is 35.5. The fourth-order valence-corrected chi connectivity index (χ4v) is 6.75. The van der Waals surface area contributed by atoms with Crippen molar-refractivity contribution in [2.45, 2.75) is 76.1 Å². The van der Waals surface area contributed by atoms with Crippen molar-refractivity contribution < 1.29 is 24.2 Å². The maximum absolute atomic E-state index is 13.8. The zero-order valence-corrected chi connectivity index (χ0v) is 26.5. The first-order valence-corrected chi connectivity index (χ1v) is 15.6. The molecule has 0 bridgehead atoms. The number of piperazine rings is 1. The molecule has 44 heavy (non-hydrogen) atoms. The number of carbonyl (C=O) groups is 3. The van der Waals surface area contributed by atoms with Gasteiger partial charge in [-0.2, -0.15) is 0 Å². The van der Waals surface area contributed by atoms with E-state index >= 15 is 0 Å². The number of hydrogen-bond donors (Lipinski definition) is 3. The van der Waals surface area contributed by atoms with Crippen molar-refractivity contribution in [3.63, 3.8) is 0 Å². The van der Waals surface area contributed by atoms with Gasteiger partial charge in [-0.1, -0.05) is 43.5 Å². The fourth-order valence-electron chi connectivity index (χ4n) is 6.75. The van der Waals surface area contributed by atoms with E-state index in [1.165, 1.54) is 0 Å². The van der Waals surface area contributed by atoms with E-state index in [2.05, 4.69) is 15.5 Å². The Balaban J connectivity index is 0.00000442. The van der Waals surface area contributed by atoms with Crippen LogP contribution in [0.3, 0.4) is 0 Å². The molecule has 3 N–H and O–H groups in total. The van der Waals surface area contributed by atoms with Gasteiger partial charge in [-0.15, -0.1) is 12.4 Å². The Kier molecular flexibility index (Phi) is 11.5. The molecular weight excluding hydrogens is 580 g/mol. The Hall–Kier alpha value is -3.40. The summed E-state index contributed by atoms with van der Waals surface area (Å²) in [5.41, 5.74) is 0.801. The van der Waals surface area contributed by atoms with Gasteiger partial charge in [0.15, 0.2) is 0 Å². The van der Waals surface area contributed by atoms with Gasteiger partial charge in [0.05, 0.1) is 6.10 Å². The third kappa shape index (κ3) is 7.28. The second-order valence-electron chi connectivity index (χ2n) is 12.0. The zero-order valence-electron chi connectivity index (χ0n) is 25.7. The van der Waals surface area contributed by atoms with E-state index in [-0.39, 0.29) is 36.0 Å². The third-order valence-corrected chi connectivity index (χ3v) is 9.35. The number of halogens is 1. The van der Waals surface area contributed by atoms with Crippen LogP contribution in [0.1, 0.15) is 67.8 Å². The van der Waals surface area contributed by atoms with Gasteiger partial charge in [0.2, 0.25) is 11.8 Å². The van der Waals surface area contributed by atoms with Gasteiger partial charge in [-0.05, 0) is 80.5 Å². The molecule has 0 unspecified atom stereocenters. The van der Waals surface area contributed by atoms with E-state index in [4.69, 9.17) is 4.74 Å². The Morgan fingerprint density at radius 3 is 2.25 bits per heavy atom. The monoisotopic (exact) mass is 624 g/mol. The van der Waals surface area contributed by atoms with Crippen LogP contribution in [-0.4, -0.2) is 77.0 Å².